The Hall–Kier alpha value is -2.86. The summed E-state index contributed by atoms with van der Waals surface area (Å²) in [7, 11) is 1.28. The quantitative estimate of drug-likeness (QED) is 0.478. The second kappa shape index (κ2) is 6.94. The van der Waals surface area contributed by atoms with E-state index in [2.05, 4.69) is 0 Å². The predicted molar refractivity (Wildman–Crippen MR) is 88.9 cm³/mol. The van der Waals surface area contributed by atoms with Gasteiger partial charge in [-0.25, -0.2) is 5.48 Å². The Morgan fingerprint density at radius 1 is 1.20 bits per heavy atom. The highest BCUT2D eigenvalue weighted by molar-refractivity contribution is 5.97. The summed E-state index contributed by atoms with van der Waals surface area (Å²) in [6.45, 7) is 0.399. The number of ether oxygens (including phenoxy) is 2. The number of rotatable bonds is 6. The molecule has 25 heavy (non-hydrogen) atoms. The third-order valence-corrected chi connectivity index (χ3v) is 4.53. The lowest BCUT2D eigenvalue weighted by atomic mass is 9.92. The molecule has 0 aliphatic heterocycles. The number of esters is 1. The predicted octanol–water partition coefficient (Wildman–Crippen LogP) is 2.20. The molecule has 1 aliphatic rings. The van der Waals surface area contributed by atoms with Gasteiger partial charge in [-0.3, -0.25) is 14.8 Å². The molecular weight excluding hydrogens is 322 g/mol. The monoisotopic (exact) mass is 341 g/mol. The molecule has 1 fully saturated rings. The number of amides is 1. The number of methoxy groups -OCH3 is 1. The molecule has 130 valence electrons. The normalized spacial score (nSPS) is 21.3. The molecule has 6 nitrogen and oxygen atoms in total. The van der Waals surface area contributed by atoms with Crippen LogP contribution in [-0.2, 0) is 26.3 Å². The molecule has 2 aromatic rings. The summed E-state index contributed by atoms with van der Waals surface area (Å²) in [6, 6.07) is 16.8. The van der Waals surface area contributed by atoms with E-state index in [4.69, 9.17) is 14.7 Å². The Bertz CT molecular complexity index is 776. The molecule has 0 heterocycles. The van der Waals surface area contributed by atoms with Crippen LogP contribution in [0.25, 0.3) is 0 Å². The molecule has 6 heteroatoms. The zero-order chi connectivity index (χ0) is 17.9. The lowest BCUT2D eigenvalue weighted by molar-refractivity contribution is -0.146. The van der Waals surface area contributed by atoms with Crippen LogP contribution in [0, 0.1) is 5.92 Å². The van der Waals surface area contributed by atoms with Crippen LogP contribution in [0.15, 0.2) is 54.6 Å². The number of carbonyl (C=O) groups excluding carboxylic acids is 2. The average molecular weight is 341 g/mol. The standard InChI is InChI=1S/C19H19NO5/c1-24-18(22)19(11-16(19)17(21)20-23)14-8-5-9-15(10-14)25-12-13-6-3-2-4-7-13/h2-10,16,23H,11-12H2,1H3,(H,20,21)/t16-,19-/m1/s1. The minimum atomic E-state index is -1.08. The maximum Gasteiger partial charge on any atom is 0.317 e. The average Bonchev–Trinajstić information content (AvgIpc) is 3.43. The first-order chi connectivity index (χ1) is 12.1. The van der Waals surface area contributed by atoms with Crippen LogP contribution in [-0.4, -0.2) is 24.2 Å². The molecule has 2 atom stereocenters. The van der Waals surface area contributed by atoms with Crippen LogP contribution >= 0.6 is 0 Å². The molecule has 0 aromatic heterocycles. The van der Waals surface area contributed by atoms with Gasteiger partial charge in [0.05, 0.1) is 13.0 Å². The van der Waals surface area contributed by atoms with Crippen molar-refractivity contribution in [3.63, 3.8) is 0 Å². The minimum absolute atomic E-state index is 0.286. The van der Waals surface area contributed by atoms with Crippen LogP contribution in [0.1, 0.15) is 17.5 Å². The van der Waals surface area contributed by atoms with Gasteiger partial charge >= 0.3 is 5.97 Å². The largest absolute Gasteiger partial charge is 0.489 e. The second-order valence-electron chi connectivity index (χ2n) is 6.00. The van der Waals surface area contributed by atoms with Crippen molar-refractivity contribution in [2.75, 3.05) is 7.11 Å². The van der Waals surface area contributed by atoms with Crippen LogP contribution in [0.4, 0.5) is 0 Å². The Labute approximate surface area is 145 Å². The van der Waals surface area contributed by atoms with E-state index in [0.717, 1.165) is 5.56 Å². The fourth-order valence-corrected chi connectivity index (χ4v) is 3.11. The van der Waals surface area contributed by atoms with Crippen molar-refractivity contribution < 1.29 is 24.3 Å². The Kier molecular flexibility index (Phi) is 4.72. The Balaban J connectivity index is 1.82. The molecule has 0 unspecified atom stereocenters. The van der Waals surface area contributed by atoms with Crippen molar-refractivity contribution >= 4 is 11.9 Å². The summed E-state index contributed by atoms with van der Waals surface area (Å²) in [4.78, 5) is 24.1. The lowest BCUT2D eigenvalue weighted by Crippen LogP contribution is -2.31. The number of carbonyl (C=O) groups is 2. The maximum atomic E-state index is 12.3. The third kappa shape index (κ3) is 3.21. The van der Waals surface area contributed by atoms with Gasteiger partial charge in [0.25, 0.3) is 0 Å². The van der Waals surface area contributed by atoms with E-state index >= 15 is 0 Å². The van der Waals surface area contributed by atoms with Crippen LogP contribution in [0.3, 0.4) is 0 Å². The van der Waals surface area contributed by atoms with Crippen molar-refractivity contribution in [1.29, 1.82) is 0 Å². The second-order valence-corrected chi connectivity index (χ2v) is 6.00. The SMILES string of the molecule is COC(=O)[C@@]1(c2cccc(OCc3ccccc3)c2)C[C@@H]1C(=O)NO. The molecule has 3 rings (SSSR count). The van der Waals surface area contributed by atoms with Crippen LogP contribution in [0.5, 0.6) is 5.75 Å². The number of hydroxylamine groups is 1. The lowest BCUT2D eigenvalue weighted by Gasteiger charge is -2.16. The Morgan fingerprint density at radius 3 is 2.64 bits per heavy atom. The van der Waals surface area contributed by atoms with Gasteiger partial charge in [0.1, 0.15) is 17.8 Å². The van der Waals surface area contributed by atoms with Gasteiger partial charge < -0.3 is 9.47 Å². The number of benzene rings is 2. The van der Waals surface area contributed by atoms with E-state index in [9.17, 15) is 9.59 Å². The molecule has 1 amide bonds. The topological polar surface area (TPSA) is 84.9 Å². The van der Waals surface area contributed by atoms with Crippen molar-refractivity contribution in [3.8, 4) is 5.75 Å². The number of hydrogen-bond donors (Lipinski definition) is 2. The first-order valence-electron chi connectivity index (χ1n) is 7.91. The molecule has 0 spiro atoms. The minimum Gasteiger partial charge on any atom is -0.489 e. The van der Waals surface area contributed by atoms with E-state index in [1.165, 1.54) is 7.11 Å². The van der Waals surface area contributed by atoms with E-state index in [1.807, 2.05) is 30.3 Å². The Morgan fingerprint density at radius 2 is 1.96 bits per heavy atom. The summed E-state index contributed by atoms with van der Waals surface area (Å²) < 4.78 is 10.7. The van der Waals surface area contributed by atoms with Crippen LogP contribution in [0.2, 0.25) is 0 Å². The van der Waals surface area contributed by atoms with Crippen molar-refractivity contribution in [2.45, 2.75) is 18.4 Å². The summed E-state index contributed by atoms with van der Waals surface area (Å²) in [6.07, 6.45) is 0.286. The van der Waals surface area contributed by atoms with Gasteiger partial charge in [-0.15, -0.1) is 0 Å². The molecule has 2 N–H and O–H groups in total. The summed E-state index contributed by atoms with van der Waals surface area (Å²) >= 11 is 0. The molecule has 1 saturated carbocycles. The zero-order valence-corrected chi connectivity index (χ0v) is 13.8. The van der Waals surface area contributed by atoms with Crippen molar-refractivity contribution in [3.05, 3.63) is 65.7 Å². The van der Waals surface area contributed by atoms with E-state index in [-0.39, 0.29) is 6.42 Å². The fraction of sp³-hybridized carbons (Fsp3) is 0.263. The van der Waals surface area contributed by atoms with Gasteiger partial charge in [0.2, 0.25) is 5.91 Å². The van der Waals surface area contributed by atoms with Crippen LogP contribution < -0.4 is 10.2 Å². The van der Waals surface area contributed by atoms with E-state index in [1.54, 1.807) is 29.7 Å². The van der Waals surface area contributed by atoms with Crippen molar-refractivity contribution in [2.24, 2.45) is 5.92 Å². The van der Waals surface area contributed by atoms with Crippen molar-refractivity contribution in [1.82, 2.24) is 5.48 Å². The first-order valence-corrected chi connectivity index (χ1v) is 7.91. The van der Waals surface area contributed by atoms with Gasteiger partial charge in [-0.05, 0) is 29.7 Å². The highest BCUT2D eigenvalue weighted by Crippen LogP contribution is 2.55. The summed E-state index contributed by atoms with van der Waals surface area (Å²) in [5, 5.41) is 8.87. The van der Waals surface area contributed by atoms with Gasteiger partial charge in [-0.1, -0.05) is 42.5 Å². The van der Waals surface area contributed by atoms with E-state index < -0.39 is 23.2 Å². The highest BCUT2D eigenvalue weighted by atomic mass is 16.5. The smallest absolute Gasteiger partial charge is 0.317 e. The molecule has 2 aromatic carbocycles. The molecular formula is C19H19NO5. The first kappa shape index (κ1) is 17.0. The molecule has 0 saturated heterocycles. The zero-order valence-electron chi connectivity index (χ0n) is 13.8. The summed E-state index contributed by atoms with van der Waals surface area (Å²) in [5.41, 5.74) is 2.20. The molecule has 0 radical (unpaired) electrons. The molecule has 0 bridgehead atoms. The highest BCUT2D eigenvalue weighted by Gasteiger charge is 2.65. The summed E-state index contributed by atoms with van der Waals surface area (Å²) in [5.74, 6) is -1.16. The van der Waals surface area contributed by atoms with Gasteiger partial charge in [0.15, 0.2) is 0 Å². The third-order valence-electron chi connectivity index (χ3n) is 4.53. The fourth-order valence-electron chi connectivity index (χ4n) is 3.11. The maximum absolute atomic E-state index is 12.3. The number of nitrogens with one attached hydrogen (secondary N) is 1. The van der Waals surface area contributed by atoms with Gasteiger partial charge in [0, 0.05) is 0 Å². The molecule has 1 aliphatic carbocycles. The number of hydrogen-bond acceptors (Lipinski definition) is 5. The van der Waals surface area contributed by atoms with E-state index in [0.29, 0.717) is 17.9 Å². The van der Waals surface area contributed by atoms with Gasteiger partial charge in [-0.2, -0.15) is 0 Å².